The molecule has 0 aromatic rings. The van der Waals surface area contributed by atoms with E-state index in [1.807, 2.05) is 4.90 Å². The van der Waals surface area contributed by atoms with Gasteiger partial charge in [-0.15, -0.1) is 0 Å². The van der Waals surface area contributed by atoms with Gasteiger partial charge < -0.3 is 10.6 Å². The van der Waals surface area contributed by atoms with Gasteiger partial charge in [0, 0.05) is 32.1 Å². The molecule has 2 atom stereocenters. The molecule has 114 valence electrons. The summed E-state index contributed by atoms with van der Waals surface area (Å²) in [5, 5.41) is 0. The van der Waals surface area contributed by atoms with Crippen LogP contribution in [-0.2, 0) is 4.79 Å². The summed E-state index contributed by atoms with van der Waals surface area (Å²) in [6.45, 7) is 9.65. The highest BCUT2D eigenvalue weighted by Gasteiger charge is 2.37. The molecule has 1 amide bonds. The van der Waals surface area contributed by atoms with Crippen molar-refractivity contribution < 1.29 is 4.79 Å². The van der Waals surface area contributed by atoms with Crippen LogP contribution in [0.25, 0.3) is 0 Å². The minimum Gasteiger partial charge on any atom is -0.392 e. The summed E-state index contributed by atoms with van der Waals surface area (Å²) >= 11 is 5.15. The van der Waals surface area contributed by atoms with Gasteiger partial charge >= 0.3 is 0 Å². The van der Waals surface area contributed by atoms with Gasteiger partial charge in [0.2, 0.25) is 5.91 Å². The molecule has 0 radical (unpaired) electrons. The molecule has 20 heavy (non-hydrogen) atoms. The number of nitrogens with zero attached hydrogens (tertiary/aromatic N) is 2. The van der Waals surface area contributed by atoms with E-state index >= 15 is 0 Å². The first kappa shape index (κ1) is 15.7. The van der Waals surface area contributed by atoms with Crippen molar-refractivity contribution in [3.05, 3.63) is 0 Å². The number of nitrogens with two attached hydrogens (primary N) is 1. The fourth-order valence-corrected chi connectivity index (χ4v) is 3.52. The Kier molecular flexibility index (Phi) is 4.69. The number of amides is 1. The topological polar surface area (TPSA) is 49.6 Å². The van der Waals surface area contributed by atoms with E-state index in [9.17, 15) is 4.79 Å². The van der Waals surface area contributed by atoms with Crippen LogP contribution in [0, 0.1) is 11.8 Å². The molecule has 1 heterocycles. The van der Waals surface area contributed by atoms with E-state index in [0.717, 1.165) is 32.6 Å². The van der Waals surface area contributed by atoms with E-state index in [0.29, 0.717) is 16.8 Å². The van der Waals surface area contributed by atoms with Crippen molar-refractivity contribution in [2.24, 2.45) is 17.6 Å². The minimum absolute atomic E-state index is 0.255. The third-order valence-corrected chi connectivity index (χ3v) is 5.66. The second-order valence-corrected chi connectivity index (χ2v) is 7.19. The average Bonchev–Trinajstić information content (AvgIpc) is 2.84. The van der Waals surface area contributed by atoms with Gasteiger partial charge in [-0.1, -0.05) is 25.6 Å². The van der Waals surface area contributed by atoms with Gasteiger partial charge in [-0.05, 0) is 32.6 Å². The van der Waals surface area contributed by atoms with Crippen molar-refractivity contribution in [3.8, 4) is 0 Å². The standard InChI is InChI=1S/C15H27N3OS/c1-11-5-4-6-12(11)13(19)17-7-9-18(10-8-17)15(2,3)14(16)20/h11-12H,4-10H2,1-3H3,(H2,16,20). The third-order valence-electron chi connectivity index (χ3n) is 5.16. The van der Waals surface area contributed by atoms with Crippen molar-refractivity contribution in [3.63, 3.8) is 0 Å². The van der Waals surface area contributed by atoms with Crippen molar-refractivity contribution in [2.75, 3.05) is 26.2 Å². The third kappa shape index (κ3) is 2.98. The summed E-state index contributed by atoms with van der Waals surface area (Å²) < 4.78 is 0. The molecule has 5 heteroatoms. The maximum atomic E-state index is 12.6. The van der Waals surface area contributed by atoms with Crippen molar-refractivity contribution >= 4 is 23.1 Å². The predicted molar refractivity (Wildman–Crippen MR) is 85.5 cm³/mol. The maximum absolute atomic E-state index is 12.6. The van der Waals surface area contributed by atoms with Gasteiger partial charge in [0.25, 0.3) is 0 Å². The van der Waals surface area contributed by atoms with Gasteiger partial charge in [0.1, 0.15) is 0 Å². The van der Waals surface area contributed by atoms with Gasteiger partial charge in [-0.3, -0.25) is 9.69 Å². The van der Waals surface area contributed by atoms with E-state index in [1.165, 1.54) is 12.8 Å². The van der Waals surface area contributed by atoms with Crippen LogP contribution in [0.4, 0.5) is 0 Å². The molecule has 2 fully saturated rings. The number of carbonyl (C=O) groups is 1. The highest BCUT2D eigenvalue weighted by atomic mass is 32.1. The van der Waals surface area contributed by atoms with Gasteiger partial charge in [0.15, 0.2) is 0 Å². The molecule has 2 aliphatic rings. The average molecular weight is 297 g/mol. The fourth-order valence-electron chi connectivity index (χ4n) is 3.39. The number of carbonyl (C=O) groups excluding carboxylic acids is 1. The zero-order valence-corrected chi connectivity index (χ0v) is 13.7. The van der Waals surface area contributed by atoms with Crippen LogP contribution in [0.2, 0.25) is 0 Å². The molecule has 4 nitrogen and oxygen atoms in total. The molecule has 0 aromatic carbocycles. The smallest absolute Gasteiger partial charge is 0.226 e. The molecular weight excluding hydrogens is 270 g/mol. The Bertz CT molecular complexity index is 389. The van der Waals surface area contributed by atoms with Crippen LogP contribution >= 0.6 is 12.2 Å². The Morgan fingerprint density at radius 1 is 1.20 bits per heavy atom. The number of hydrogen-bond donors (Lipinski definition) is 1. The van der Waals surface area contributed by atoms with Crippen LogP contribution in [0.3, 0.4) is 0 Å². The summed E-state index contributed by atoms with van der Waals surface area (Å²) in [6, 6.07) is 0. The maximum Gasteiger partial charge on any atom is 0.226 e. The SMILES string of the molecule is CC1CCCC1C(=O)N1CCN(C(C)(C)C(N)=S)CC1. The highest BCUT2D eigenvalue weighted by molar-refractivity contribution is 7.80. The highest BCUT2D eigenvalue weighted by Crippen LogP contribution is 2.33. The zero-order valence-electron chi connectivity index (χ0n) is 12.9. The van der Waals surface area contributed by atoms with E-state index < -0.39 is 0 Å². The number of rotatable bonds is 3. The summed E-state index contributed by atoms with van der Waals surface area (Å²) in [6.07, 6.45) is 3.47. The summed E-state index contributed by atoms with van der Waals surface area (Å²) in [5.74, 6) is 1.17. The van der Waals surface area contributed by atoms with Crippen LogP contribution in [0.5, 0.6) is 0 Å². The van der Waals surface area contributed by atoms with Crippen LogP contribution in [0.1, 0.15) is 40.0 Å². The van der Waals surface area contributed by atoms with Crippen molar-refractivity contribution in [1.82, 2.24) is 9.80 Å². The van der Waals surface area contributed by atoms with Crippen molar-refractivity contribution in [1.29, 1.82) is 0 Å². The predicted octanol–water partition coefficient (Wildman–Crippen LogP) is 1.63. The Labute approximate surface area is 127 Å². The summed E-state index contributed by atoms with van der Waals surface area (Å²) in [4.78, 5) is 17.4. The Morgan fingerprint density at radius 3 is 2.25 bits per heavy atom. The van der Waals surface area contributed by atoms with E-state index in [1.54, 1.807) is 0 Å². The molecule has 1 aliphatic carbocycles. The van der Waals surface area contributed by atoms with E-state index in [-0.39, 0.29) is 11.5 Å². The molecular formula is C15H27N3OS. The lowest BCUT2D eigenvalue weighted by molar-refractivity contribution is -0.138. The van der Waals surface area contributed by atoms with E-state index in [4.69, 9.17) is 18.0 Å². The lowest BCUT2D eigenvalue weighted by atomic mass is 9.96. The van der Waals surface area contributed by atoms with Crippen LogP contribution in [-0.4, -0.2) is 52.4 Å². The zero-order chi connectivity index (χ0) is 14.9. The number of piperazine rings is 1. The largest absolute Gasteiger partial charge is 0.392 e. The first-order valence-corrected chi connectivity index (χ1v) is 8.08. The van der Waals surface area contributed by atoms with Crippen molar-refractivity contribution in [2.45, 2.75) is 45.6 Å². The normalized spacial score (nSPS) is 28.6. The molecule has 0 bridgehead atoms. The molecule has 1 aliphatic heterocycles. The molecule has 2 N–H and O–H groups in total. The number of thiocarbonyl (C=S) groups is 1. The Morgan fingerprint density at radius 2 is 1.80 bits per heavy atom. The molecule has 1 saturated heterocycles. The quantitative estimate of drug-likeness (QED) is 0.805. The summed E-state index contributed by atoms with van der Waals surface area (Å²) in [7, 11) is 0. The lowest BCUT2D eigenvalue weighted by Crippen LogP contribution is -2.60. The van der Waals surface area contributed by atoms with Gasteiger partial charge in [0.05, 0.1) is 10.5 Å². The second kappa shape index (κ2) is 5.98. The molecule has 0 spiro atoms. The summed E-state index contributed by atoms with van der Waals surface area (Å²) in [5.41, 5.74) is 5.56. The molecule has 0 aromatic heterocycles. The number of hydrogen-bond acceptors (Lipinski definition) is 3. The molecule has 1 saturated carbocycles. The monoisotopic (exact) mass is 297 g/mol. The lowest BCUT2D eigenvalue weighted by Gasteiger charge is -2.44. The second-order valence-electron chi connectivity index (χ2n) is 6.75. The van der Waals surface area contributed by atoms with Gasteiger partial charge in [-0.25, -0.2) is 0 Å². The molecule has 2 rings (SSSR count). The first-order chi connectivity index (χ1) is 9.34. The minimum atomic E-state index is -0.259. The molecule has 2 unspecified atom stereocenters. The van der Waals surface area contributed by atoms with Gasteiger partial charge in [-0.2, -0.15) is 0 Å². The Hall–Kier alpha value is -0.680. The fraction of sp³-hybridized carbons (Fsp3) is 0.867. The van der Waals surface area contributed by atoms with Crippen LogP contribution in [0.15, 0.2) is 0 Å². The van der Waals surface area contributed by atoms with Crippen LogP contribution < -0.4 is 5.73 Å². The Balaban J connectivity index is 1.91. The first-order valence-electron chi connectivity index (χ1n) is 7.67. The van der Waals surface area contributed by atoms with E-state index in [2.05, 4.69) is 25.7 Å².